The summed E-state index contributed by atoms with van der Waals surface area (Å²) in [7, 11) is 6.16. The molecule has 0 fully saturated rings. The van der Waals surface area contributed by atoms with Gasteiger partial charge in [-0.25, -0.2) is 5.32 Å². The lowest BCUT2D eigenvalue weighted by molar-refractivity contribution is -0.870. The van der Waals surface area contributed by atoms with Gasteiger partial charge in [0.2, 0.25) is 0 Å². The molecule has 8 nitrogen and oxygen atoms in total. The number of benzene rings is 1. The number of nitriles is 1. The van der Waals surface area contributed by atoms with Crippen LogP contribution in [0.15, 0.2) is 22.9 Å². The zero-order valence-corrected chi connectivity index (χ0v) is 20.7. The molecule has 176 valence electrons. The standard InChI is InChI=1S/C19H23N3O3.C5H14NO/c1-18(2,3)12-7-11(8-13(15(12)23)19(4,5)6)9-14-16(24)22-17(25-14)21-10-20;1-6(2,3)4-5-7/h7-9,23H,1-6H3,(H,21,22,24);7H,4-5H2,1-3H3/q;+1/b14-9-;. The Balaban J connectivity index is 0.000000633. The predicted octanol–water partition coefficient (Wildman–Crippen LogP) is 3.00. The van der Waals surface area contributed by atoms with E-state index in [1.54, 1.807) is 12.3 Å². The number of likely N-dealkylation sites (N-methyl/N-ethyl adjacent to an activating group) is 1. The molecule has 3 N–H and O–H groups in total. The number of ether oxygens (including phenoxy) is 1. The fourth-order valence-electron chi connectivity index (χ4n) is 2.85. The van der Waals surface area contributed by atoms with E-state index in [0.29, 0.717) is 0 Å². The first-order valence-corrected chi connectivity index (χ1v) is 10.5. The highest BCUT2D eigenvalue weighted by atomic mass is 16.5. The van der Waals surface area contributed by atoms with Gasteiger partial charge >= 0.3 is 11.9 Å². The molecule has 0 aromatic heterocycles. The number of carbonyl (C=O) groups is 1. The van der Waals surface area contributed by atoms with Gasteiger partial charge < -0.3 is 19.4 Å². The van der Waals surface area contributed by atoms with Crippen LogP contribution in [0.3, 0.4) is 0 Å². The molecule has 0 saturated heterocycles. The van der Waals surface area contributed by atoms with Crippen molar-refractivity contribution in [1.29, 1.82) is 5.26 Å². The number of amidine groups is 1. The van der Waals surface area contributed by atoms with Gasteiger partial charge in [0.25, 0.3) is 0 Å². The summed E-state index contributed by atoms with van der Waals surface area (Å²) < 4.78 is 6.11. The first-order valence-electron chi connectivity index (χ1n) is 10.5. The molecule has 2 rings (SSSR count). The van der Waals surface area contributed by atoms with E-state index >= 15 is 0 Å². The number of aliphatic hydroxyl groups is 1. The Bertz CT molecular complexity index is 902. The van der Waals surface area contributed by atoms with Gasteiger partial charge in [0.15, 0.2) is 12.0 Å². The normalized spacial score (nSPS) is 15.5. The molecule has 1 amide bonds. The maximum atomic E-state index is 11.9. The molecule has 0 aliphatic carbocycles. The summed E-state index contributed by atoms with van der Waals surface area (Å²) in [5.74, 6) is -0.257. The number of aliphatic hydroxyl groups excluding tert-OH is 1. The van der Waals surface area contributed by atoms with Crippen LogP contribution in [0.2, 0.25) is 0 Å². The molecule has 32 heavy (non-hydrogen) atoms. The number of phenolic OH excluding ortho intramolecular Hbond substituents is 1. The number of rotatable bonds is 3. The van der Waals surface area contributed by atoms with E-state index in [2.05, 4.69) is 31.5 Å². The lowest BCUT2D eigenvalue weighted by atomic mass is 9.78. The van der Waals surface area contributed by atoms with Gasteiger partial charge in [0, 0.05) is 11.1 Å². The highest BCUT2D eigenvalue weighted by Crippen LogP contribution is 2.40. The average Bonchev–Trinajstić information content (AvgIpc) is 2.93. The van der Waals surface area contributed by atoms with E-state index in [4.69, 9.17) is 15.1 Å². The minimum absolute atomic E-state index is 0.0307. The molecule has 1 heterocycles. The summed E-state index contributed by atoms with van der Waals surface area (Å²) >= 11 is 0. The fraction of sp³-hybridized carbons (Fsp3) is 0.542. The monoisotopic (exact) mass is 445 g/mol. The summed E-state index contributed by atoms with van der Waals surface area (Å²) in [6, 6.07) is 3.54. The van der Waals surface area contributed by atoms with Crippen LogP contribution in [0.5, 0.6) is 5.75 Å². The van der Waals surface area contributed by atoms with Crippen molar-refractivity contribution < 1.29 is 24.2 Å². The fourth-order valence-corrected chi connectivity index (χ4v) is 2.85. The maximum absolute atomic E-state index is 11.9. The minimum Gasteiger partial charge on any atom is -0.507 e. The third-order valence-electron chi connectivity index (χ3n) is 4.60. The van der Waals surface area contributed by atoms with Crippen LogP contribution in [0, 0.1) is 11.5 Å². The van der Waals surface area contributed by atoms with Crippen molar-refractivity contribution in [2.45, 2.75) is 52.4 Å². The van der Waals surface area contributed by atoms with Crippen molar-refractivity contribution in [3.8, 4) is 11.9 Å². The summed E-state index contributed by atoms with van der Waals surface area (Å²) in [5, 5.41) is 29.9. The molecule has 0 unspecified atom stereocenters. The SMILES string of the molecule is CC(C)(C)c1cc(/C=C2\OC(NC#N)=NC2=O)cc(C(C)(C)C)c1O.C[N+](C)(C)CCO. The van der Waals surface area contributed by atoms with Crippen LogP contribution >= 0.6 is 0 Å². The third kappa shape index (κ3) is 7.98. The largest absolute Gasteiger partial charge is 0.507 e. The van der Waals surface area contributed by atoms with E-state index < -0.39 is 5.91 Å². The van der Waals surface area contributed by atoms with Gasteiger partial charge in [-0.1, -0.05) is 41.5 Å². The molecule has 1 aromatic rings. The number of hydrogen-bond acceptors (Lipinski definition) is 6. The Kier molecular flexibility index (Phi) is 8.61. The van der Waals surface area contributed by atoms with Crippen molar-refractivity contribution in [2.24, 2.45) is 4.99 Å². The van der Waals surface area contributed by atoms with Crippen molar-refractivity contribution >= 4 is 18.0 Å². The molecule has 8 heteroatoms. The second kappa shape index (κ2) is 10.2. The summed E-state index contributed by atoms with van der Waals surface area (Å²) in [6.45, 7) is 13.2. The second-order valence-corrected chi connectivity index (χ2v) is 10.8. The van der Waals surface area contributed by atoms with Gasteiger partial charge in [0.05, 0.1) is 27.7 Å². The summed E-state index contributed by atoms with van der Waals surface area (Å²) in [4.78, 5) is 15.5. The molecule has 0 bridgehead atoms. The van der Waals surface area contributed by atoms with Crippen LogP contribution in [0.1, 0.15) is 58.2 Å². The van der Waals surface area contributed by atoms with Gasteiger partial charge in [-0.3, -0.25) is 4.79 Å². The maximum Gasteiger partial charge on any atom is 0.317 e. The highest BCUT2D eigenvalue weighted by molar-refractivity contribution is 6.08. The first kappa shape index (κ1) is 27.1. The van der Waals surface area contributed by atoms with Crippen LogP contribution in [0.25, 0.3) is 6.08 Å². The van der Waals surface area contributed by atoms with Crippen molar-refractivity contribution in [3.05, 3.63) is 34.6 Å². The molecule has 1 aliphatic heterocycles. The Labute approximate surface area is 191 Å². The molecule has 0 spiro atoms. The van der Waals surface area contributed by atoms with Gasteiger partial charge in [-0.2, -0.15) is 10.3 Å². The summed E-state index contributed by atoms with van der Waals surface area (Å²) in [6.07, 6.45) is 3.23. The quantitative estimate of drug-likeness (QED) is 0.285. The number of nitrogens with one attached hydrogen (secondary N) is 1. The van der Waals surface area contributed by atoms with Gasteiger partial charge in [-0.15, -0.1) is 0 Å². The number of aromatic hydroxyl groups is 1. The zero-order valence-electron chi connectivity index (χ0n) is 20.7. The lowest BCUT2D eigenvalue weighted by Crippen LogP contribution is -2.36. The smallest absolute Gasteiger partial charge is 0.317 e. The van der Waals surface area contributed by atoms with Gasteiger partial charge in [-0.05, 0) is 34.6 Å². The Hall–Kier alpha value is -2.89. The number of amides is 1. The Morgan fingerprint density at radius 1 is 1.12 bits per heavy atom. The number of aliphatic imine (C=N–C) groups is 1. The second-order valence-electron chi connectivity index (χ2n) is 10.8. The van der Waals surface area contributed by atoms with Crippen molar-refractivity contribution in [1.82, 2.24) is 5.32 Å². The van der Waals surface area contributed by atoms with E-state index in [1.807, 2.05) is 53.7 Å². The number of phenols is 1. The van der Waals surface area contributed by atoms with Crippen LogP contribution in [0.4, 0.5) is 0 Å². The summed E-state index contributed by atoms with van der Waals surface area (Å²) in [5.41, 5.74) is 1.75. The zero-order chi connectivity index (χ0) is 24.9. The van der Waals surface area contributed by atoms with E-state index in [9.17, 15) is 9.90 Å². The van der Waals surface area contributed by atoms with E-state index in [0.717, 1.165) is 27.7 Å². The highest BCUT2D eigenvalue weighted by Gasteiger charge is 2.28. The molecule has 0 radical (unpaired) electrons. The van der Waals surface area contributed by atoms with Gasteiger partial charge in [0.1, 0.15) is 12.3 Å². The average molecular weight is 446 g/mol. The Morgan fingerprint density at radius 2 is 1.62 bits per heavy atom. The molecule has 0 atom stereocenters. The third-order valence-corrected chi connectivity index (χ3v) is 4.60. The number of quaternary nitrogens is 1. The van der Waals surface area contributed by atoms with Crippen LogP contribution < -0.4 is 5.32 Å². The molecule has 0 saturated carbocycles. The number of nitrogens with zero attached hydrogens (tertiary/aromatic N) is 3. The van der Waals surface area contributed by atoms with E-state index in [1.165, 1.54) is 0 Å². The first-order chi connectivity index (χ1) is 14.5. The molecular formula is C24H37N4O4+. The minimum atomic E-state index is -0.555. The van der Waals surface area contributed by atoms with Crippen molar-refractivity contribution in [2.75, 3.05) is 34.3 Å². The Morgan fingerprint density at radius 3 is 1.97 bits per heavy atom. The molecule has 1 aromatic carbocycles. The molecular weight excluding hydrogens is 408 g/mol. The number of carbonyl (C=O) groups excluding carboxylic acids is 1. The lowest BCUT2D eigenvalue weighted by Gasteiger charge is -2.27. The van der Waals surface area contributed by atoms with Crippen LogP contribution in [-0.4, -0.2) is 60.9 Å². The van der Waals surface area contributed by atoms with Crippen LogP contribution in [-0.2, 0) is 20.4 Å². The topological polar surface area (TPSA) is 115 Å². The number of hydrogen-bond donors (Lipinski definition) is 3. The predicted molar refractivity (Wildman–Crippen MR) is 126 cm³/mol. The van der Waals surface area contributed by atoms with Crippen molar-refractivity contribution in [3.63, 3.8) is 0 Å². The molecule has 1 aliphatic rings. The van der Waals surface area contributed by atoms with E-state index in [-0.39, 0.29) is 35.0 Å².